The van der Waals surface area contributed by atoms with Crippen molar-refractivity contribution >= 4 is 11.7 Å². The molecule has 1 aliphatic rings. The predicted octanol–water partition coefficient (Wildman–Crippen LogP) is 4.76. The zero-order chi connectivity index (χ0) is 21.3. The quantitative estimate of drug-likeness (QED) is 0.681. The van der Waals surface area contributed by atoms with Crippen LogP contribution in [0.1, 0.15) is 28.4 Å². The molecule has 0 radical (unpaired) electrons. The third kappa shape index (κ3) is 3.61. The molecule has 1 atom stereocenters. The SMILES string of the molecule is COc1ccc(OC)c(C2c3cccn3CCN2C(=O)Nc2ccc(C)c(C)c2)c1. The highest BCUT2D eigenvalue weighted by Gasteiger charge is 2.34. The van der Waals surface area contributed by atoms with Crippen LogP contribution in [0, 0.1) is 13.8 Å². The van der Waals surface area contributed by atoms with Gasteiger partial charge in [-0.05, 0) is 67.4 Å². The van der Waals surface area contributed by atoms with Crippen molar-refractivity contribution in [2.24, 2.45) is 0 Å². The minimum Gasteiger partial charge on any atom is -0.497 e. The van der Waals surface area contributed by atoms with Gasteiger partial charge in [-0.25, -0.2) is 4.79 Å². The van der Waals surface area contributed by atoms with Crippen LogP contribution in [0.4, 0.5) is 10.5 Å². The van der Waals surface area contributed by atoms with Crippen molar-refractivity contribution in [1.82, 2.24) is 9.47 Å². The standard InChI is InChI=1S/C24H27N3O3/c1-16-7-8-18(14-17(16)2)25-24(28)27-13-12-26-11-5-6-21(26)23(27)20-15-19(29-3)9-10-22(20)30-4/h5-11,14-15,23H,12-13H2,1-4H3,(H,25,28). The largest absolute Gasteiger partial charge is 0.497 e. The predicted molar refractivity (Wildman–Crippen MR) is 117 cm³/mol. The van der Waals surface area contributed by atoms with Crippen molar-refractivity contribution in [3.8, 4) is 11.5 Å². The lowest BCUT2D eigenvalue weighted by Crippen LogP contribution is -2.44. The van der Waals surface area contributed by atoms with E-state index in [1.165, 1.54) is 5.56 Å². The molecule has 0 spiro atoms. The molecule has 6 heteroatoms. The number of aromatic nitrogens is 1. The molecule has 1 aromatic heterocycles. The summed E-state index contributed by atoms with van der Waals surface area (Å²) >= 11 is 0. The van der Waals surface area contributed by atoms with Crippen LogP contribution in [-0.4, -0.2) is 36.3 Å². The van der Waals surface area contributed by atoms with Gasteiger partial charge in [-0.2, -0.15) is 0 Å². The van der Waals surface area contributed by atoms with Gasteiger partial charge in [-0.1, -0.05) is 6.07 Å². The molecule has 6 nitrogen and oxygen atoms in total. The van der Waals surface area contributed by atoms with Crippen LogP contribution < -0.4 is 14.8 Å². The summed E-state index contributed by atoms with van der Waals surface area (Å²) < 4.78 is 13.3. The number of benzene rings is 2. The first-order valence-electron chi connectivity index (χ1n) is 10.0. The van der Waals surface area contributed by atoms with Gasteiger partial charge < -0.3 is 24.3 Å². The number of amides is 2. The van der Waals surface area contributed by atoms with Crippen molar-refractivity contribution in [2.45, 2.75) is 26.4 Å². The second-order valence-electron chi connectivity index (χ2n) is 7.56. The van der Waals surface area contributed by atoms with Gasteiger partial charge in [-0.3, -0.25) is 0 Å². The van der Waals surface area contributed by atoms with E-state index in [4.69, 9.17) is 9.47 Å². The average molecular weight is 405 g/mol. The Morgan fingerprint density at radius 3 is 2.57 bits per heavy atom. The number of nitrogens with one attached hydrogen (secondary N) is 1. The number of anilines is 1. The number of carbonyl (C=O) groups is 1. The van der Waals surface area contributed by atoms with Crippen molar-refractivity contribution in [1.29, 1.82) is 0 Å². The summed E-state index contributed by atoms with van der Waals surface area (Å²) in [5, 5.41) is 3.07. The molecule has 0 saturated carbocycles. The van der Waals surface area contributed by atoms with Crippen LogP contribution in [0.3, 0.4) is 0 Å². The monoisotopic (exact) mass is 405 g/mol. The number of aryl methyl sites for hydroxylation is 2. The minimum absolute atomic E-state index is 0.138. The maximum atomic E-state index is 13.4. The highest BCUT2D eigenvalue weighted by molar-refractivity contribution is 5.90. The second kappa shape index (κ2) is 8.14. The fourth-order valence-electron chi connectivity index (χ4n) is 4.00. The van der Waals surface area contributed by atoms with Gasteiger partial charge in [-0.15, -0.1) is 0 Å². The zero-order valence-electron chi connectivity index (χ0n) is 17.8. The first-order valence-corrected chi connectivity index (χ1v) is 10.0. The van der Waals surface area contributed by atoms with E-state index in [0.717, 1.165) is 40.6 Å². The molecule has 3 aromatic rings. The number of hydrogen-bond donors (Lipinski definition) is 1. The molecular weight excluding hydrogens is 378 g/mol. The fourth-order valence-corrected chi connectivity index (χ4v) is 4.00. The Morgan fingerprint density at radius 1 is 1.00 bits per heavy atom. The van der Waals surface area contributed by atoms with E-state index in [2.05, 4.69) is 22.9 Å². The van der Waals surface area contributed by atoms with Crippen molar-refractivity contribution in [2.75, 3.05) is 26.1 Å². The topological polar surface area (TPSA) is 55.7 Å². The molecular formula is C24H27N3O3. The lowest BCUT2D eigenvalue weighted by Gasteiger charge is -2.37. The van der Waals surface area contributed by atoms with E-state index in [1.807, 2.05) is 60.5 Å². The Balaban J connectivity index is 1.73. The lowest BCUT2D eigenvalue weighted by molar-refractivity contribution is 0.180. The molecule has 0 aliphatic carbocycles. The molecule has 0 fully saturated rings. The molecule has 2 amide bonds. The van der Waals surface area contributed by atoms with E-state index in [-0.39, 0.29) is 12.1 Å². The third-order valence-corrected chi connectivity index (χ3v) is 5.79. The molecule has 30 heavy (non-hydrogen) atoms. The number of rotatable bonds is 4. The van der Waals surface area contributed by atoms with Crippen LogP contribution in [0.25, 0.3) is 0 Å². The van der Waals surface area contributed by atoms with Crippen LogP contribution in [0.2, 0.25) is 0 Å². The Kier molecular flexibility index (Phi) is 5.40. The molecule has 156 valence electrons. The molecule has 0 bridgehead atoms. The molecule has 1 N–H and O–H groups in total. The van der Waals surface area contributed by atoms with Gasteiger partial charge in [0.2, 0.25) is 0 Å². The lowest BCUT2D eigenvalue weighted by atomic mass is 9.98. The number of methoxy groups -OCH3 is 2. The fraction of sp³-hybridized carbons (Fsp3) is 0.292. The summed E-state index contributed by atoms with van der Waals surface area (Å²) in [6.07, 6.45) is 2.05. The van der Waals surface area contributed by atoms with Crippen molar-refractivity contribution in [3.05, 3.63) is 77.1 Å². The maximum absolute atomic E-state index is 13.4. The van der Waals surface area contributed by atoms with E-state index in [1.54, 1.807) is 14.2 Å². The zero-order valence-corrected chi connectivity index (χ0v) is 17.8. The summed E-state index contributed by atoms with van der Waals surface area (Å²) in [4.78, 5) is 15.2. The second-order valence-corrected chi connectivity index (χ2v) is 7.56. The first-order chi connectivity index (χ1) is 14.5. The molecule has 2 aromatic carbocycles. The number of urea groups is 1. The smallest absolute Gasteiger partial charge is 0.322 e. The van der Waals surface area contributed by atoms with Gasteiger partial charge in [0.05, 0.1) is 14.2 Å². The normalized spacial score (nSPS) is 15.5. The van der Waals surface area contributed by atoms with Crippen LogP contribution in [-0.2, 0) is 6.54 Å². The Hall–Kier alpha value is -3.41. The maximum Gasteiger partial charge on any atom is 0.322 e. The Morgan fingerprint density at radius 2 is 1.83 bits per heavy atom. The van der Waals surface area contributed by atoms with Gasteiger partial charge in [0.25, 0.3) is 0 Å². The summed E-state index contributed by atoms with van der Waals surface area (Å²) in [7, 11) is 3.28. The van der Waals surface area contributed by atoms with Crippen LogP contribution in [0.15, 0.2) is 54.7 Å². The summed E-state index contributed by atoms with van der Waals surface area (Å²) in [5.74, 6) is 1.45. The highest BCUT2D eigenvalue weighted by Crippen LogP contribution is 2.39. The highest BCUT2D eigenvalue weighted by atomic mass is 16.5. The molecule has 2 heterocycles. The molecule has 0 saturated heterocycles. The number of nitrogens with zero attached hydrogens (tertiary/aromatic N) is 2. The van der Waals surface area contributed by atoms with E-state index in [9.17, 15) is 4.79 Å². The molecule has 1 aliphatic heterocycles. The van der Waals surface area contributed by atoms with Gasteiger partial charge in [0.1, 0.15) is 17.5 Å². The number of fused-ring (bicyclic) bond motifs is 1. The average Bonchev–Trinajstić information content (AvgIpc) is 3.24. The first kappa shape index (κ1) is 19.9. The third-order valence-electron chi connectivity index (χ3n) is 5.79. The van der Waals surface area contributed by atoms with Crippen LogP contribution >= 0.6 is 0 Å². The van der Waals surface area contributed by atoms with E-state index >= 15 is 0 Å². The van der Waals surface area contributed by atoms with E-state index in [0.29, 0.717) is 6.54 Å². The van der Waals surface area contributed by atoms with Gasteiger partial charge in [0, 0.05) is 36.2 Å². The van der Waals surface area contributed by atoms with Gasteiger partial charge in [0.15, 0.2) is 0 Å². The molecule has 4 rings (SSSR count). The van der Waals surface area contributed by atoms with Crippen LogP contribution in [0.5, 0.6) is 11.5 Å². The summed E-state index contributed by atoms with van der Waals surface area (Å²) in [5.41, 5.74) is 5.07. The van der Waals surface area contributed by atoms with Gasteiger partial charge >= 0.3 is 6.03 Å². The summed E-state index contributed by atoms with van der Waals surface area (Å²) in [6, 6.07) is 15.3. The Labute approximate surface area is 177 Å². The van der Waals surface area contributed by atoms with Crippen molar-refractivity contribution in [3.63, 3.8) is 0 Å². The van der Waals surface area contributed by atoms with Crippen molar-refractivity contribution < 1.29 is 14.3 Å². The number of carbonyl (C=O) groups excluding carboxylic acids is 1. The van der Waals surface area contributed by atoms with E-state index < -0.39 is 0 Å². The minimum atomic E-state index is -0.287. The number of ether oxygens (including phenoxy) is 2. The summed E-state index contributed by atoms with van der Waals surface area (Å²) in [6.45, 7) is 5.43. The Bertz CT molecular complexity index is 1070. The molecule has 1 unspecified atom stereocenters. The number of hydrogen-bond acceptors (Lipinski definition) is 3.